The normalized spacial score (nSPS) is 11.3. The molecule has 0 radical (unpaired) electrons. The standard InChI is InChI=1S/C15H14O4/c1-19-9-15(10-2-4-12(16)5-3-10)11-6-13(17)8-14(18)7-11/h2-9,16-18H,1H3. The second-order valence-electron chi connectivity index (χ2n) is 4.05. The molecule has 19 heavy (non-hydrogen) atoms. The molecule has 0 fully saturated rings. The number of hydrogen-bond donors (Lipinski definition) is 3. The predicted molar refractivity (Wildman–Crippen MR) is 72.0 cm³/mol. The summed E-state index contributed by atoms with van der Waals surface area (Å²) in [5, 5.41) is 28.4. The SMILES string of the molecule is COC=C(c1ccc(O)cc1)c1cc(O)cc(O)c1. The maximum absolute atomic E-state index is 9.53. The van der Waals surface area contributed by atoms with Crippen molar-refractivity contribution in [2.75, 3.05) is 7.11 Å². The molecule has 0 saturated carbocycles. The Morgan fingerprint density at radius 3 is 1.95 bits per heavy atom. The van der Waals surface area contributed by atoms with Crippen LogP contribution in [-0.2, 0) is 4.74 Å². The van der Waals surface area contributed by atoms with Crippen LogP contribution < -0.4 is 0 Å². The number of methoxy groups -OCH3 is 1. The number of phenolic OH excluding ortho intramolecular Hbond substituents is 3. The van der Waals surface area contributed by atoms with Gasteiger partial charge in [0.05, 0.1) is 13.4 Å². The fourth-order valence-electron chi connectivity index (χ4n) is 1.81. The summed E-state index contributed by atoms with van der Waals surface area (Å²) < 4.78 is 5.03. The molecule has 98 valence electrons. The summed E-state index contributed by atoms with van der Waals surface area (Å²) in [4.78, 5) is 0. The molecule has 0 bridgehead atoms. The predicted octanol–water partition coefficient (Wildman–Crippen LogP) is 2.84. The smallest absolute Gasteiger partial charge is 0.119 e. The Balaban J connectivity index is 2.51. The van der Waals surface area contributed by atoms with Crippen LogP contribution >= 0.6 is 0 Å². The summed E-state index contributed by atoms with van der Waals surface area (Å²) >= 11 is 0. The first-order chi connectivity index (χ1) is 9.10. The minimum Gasteiger partial charge on any atom is -0.508 e. The van der Waals surface area contributed by atoms with Crippen LogP contribution in [0.3, 0.4) is 0 Å². The van der Waals surface area contributed by atoms with Crippen molar-refractivity contribution in [3.05, 3.63) is 59.9 Å². The van der Waals surface area contributed by atoms with E-state index in [4.69, 9.17) is 4.74 Å². The van der Waals surface area contributed by atoms with Gasteiger partial charge in [-0.25, -0.2) is 0 Å². The highest BCUT2D eigenvalue weighted by Gasteiger charge is 2.08. The number of ether oxygens (including phenoxy) is 1. The Hall–Kier alpha value is -2.62. The first-order valence-electron chi connectivity index (χ1n) is 5.66. The fraction of sp³-hybridized carbons (Fsp3) is 0.0667. The summed E-state index contributed by atoms with van der Waals surface area (Å²) in [6.07, 6.45) is 1.51. The minimum atomic E-state index is -0.0317. The van der Waals surface area contributed by atoms with E-state index >= 15 is 0 Å². The van der Waals surface area contributed by atoms with Gasteiger partial charge in [-0.15, -0.1) is 0 Å². The van der Waals surface area contributed by atoms with Crippen LogP contribution in [0.5, 0.6) is 17.2 Å². The molecule has 0 atom stereocenters. The van der Waals surface area contributed by atoms with Crippen molar-refractivity contribution in [1.82, 2.24) is 0 Å². The van der Waals surface area contributed by atoms with Crippen molar-refractivity contribution < 1.29 is 20.1 Å². The maximum atomic E-state index is 9.53. The highest BCUT2D eigenvalue weighted by molar-refractivity contribution is 5.80. The zero-order valence-corrected chi connectivity index (χ0v) is 10.4. The largest absolute Gasteiger partial charge is 0.508 e. The molecule has 0 aliphatic carbocycles. The van der Waals surface area contributed by atoms with E-state index < -0.39 is 0 Å². The van der Waals surface area contributed by atoms with Gasteiger partial charge in [-0.2, -0.15) is 0 Å². The minimum absolute atomic E-state index is 0.0317. The zero-order chi connectivity index (χ0) is 13.8. The lowest BCUT2D eigenvalue weighted by molar-refractivity contribution is 0.340. The van der Waals surface area contributed by atoms with Crippen molar-refractivity contribution in [2.45, 2.75) is 0 Å². The third-order valence-electron chi connectivity index (χ3n) is 2.63. The van der Waals surface area contributed by atoms with E-state index in [2.05, 4.69) is 0 Å². The van der Waals surface area contributed by atoms with Crippen molar-refractivity contribution in [2.24, 2.45) is 0 Å². The first kappa shape index (κ1) is 12.8. The average Bonchev–Trinajstić information content (AvgIpc) is 2.36. The Labute approximate surface area is 110 Å². The van der Waals surface area contributed by atoms with Crippen LogP contribution in [0.4, 0.5) is 0 Å². The lowest BCUT2D eigenvalue weighted by Gasteiger charge is -2.09. The number of hydrogen-bond acceptors (Lipinski definition) is 4. The van der Waals surface area contributed by atoms with Gasteiger partial charge in [0, 0.05) is 11.6 Å². The third kappa shape index (κ3) is 2.98. The molecule has 0 amide bonds. The summed E-state index contributed by atoms with van der Waals surface area (Å²) in [5.74, 6) is 0.103. The lowest BCUT2D eigenvalue weighted by Crippen LogP contribution is -1.89. The molecule has 2 rings (SSSR count). The van der Waals surface area contributed by atoms with E-state index in [0.29, 0.717) is 11.1 Å². The second-order valence-corrected chi connectivity index (χ2v) is 4.05. The molecule has 2 aromatic rings. The van der Waals surface area contributed by atoms with Gasteiger partial charge in [0.2, 0.25) is 0 Å². The van der Waals surface area contributed by atoms with E-state index in [9.17, 15) is 15.3 Å². The quantitative estimate of drug-likeness (QED) is 0.740. The summed E-state index contributed by atoms with van der Waals surface area (Å²) in [7, 11) is 1.52. The van der Waals surface area contributed by atoms with Crippen LogP contribution in [0.25, 0.3) is 5.57 Å². The molecule has 0 aromatic heterocycles. The van der Waals surface area contributed by atoms with Gasteiger partial charge in [0.1, 0.15) is 17.2 Å². The molecule has 2 aromatic carbocycles. The van der Waals surface area contributed by atoms with Gasteiger partial charge in [0.15, 0.2) is 0 Å². The Morgan fingerprint density at radius 1 is 0.842 bits per heavy atom. The molecule has 0 aliphatic rings. The first-order valence-corrected chi connectivity index (χ1v) is 5.66. The van der Waals surface area contributed by atoms with Crippen LogP contribution in [0.2, 0.25) is 0 Å². The Kier molecular flexibility index (Phi) is 3.61. The zero-order valence-electron chi connectivity index (χ0n) is 10.4. The van der Waals surface area contributed by atoms with Gasteiger partial charge >= 0.3 is 0 Å². The Bertz CT molecular complexity index is 580. The van der Waals surface area contributed by atoms with Crippen LogP contribution in [0.1, 0.15) is 11.1 Å². The molecule has 0 heterocycles. The van der Waals surface area contributed by atoms with Crippen molar-refractivity contribution >= 4 is 5.57 Å². The van der Waals surface area contributed by atoms with E-state index in [-0.39, 0.29) is 17.2 Å². The second kappa shape index (κ2) is 5.35. The van der Waals surface area contributed by atoms with E-state index in [0.717, 1.165) is 5.56 Å². The van der Waals surface area contributed by atoms with Crippen LogP contribution in [-0.4, -0.2) is 22.4 Å². The van der Waals surface area contributed by atoms with E-state index in [1.54, 1.807) is 24.3 Å². The molecule has 0 aliphatic heterocycles. The van der Waals surface area contributed by atoms with Crippen LogP contribution in [0.15, 0.2) is 48.7 Å². The molecular formula is C15H14O4. The third-order valence-corrected chi connectivity index (χ3v) is 2.63. The van der Waals surface area contributed by atoms with Crippen LogP contribution in [0, 0.1) is 0 Å². The maximum Gasteiger partial charge on any atom is 0.119 e. The van der Waals surface area contributed by atoms with Gasteiger partial charge in [0.25, 0.3) is 0 Å². The highest BCUT2D eigenvalue weighted by atomic mass is 16.5. The summed E-state index contributed by atoms with van der Waals surface area (Å²) in [5.41, 5.74) is 2.10. The molecule has 0 spiro atoms. The van der Waals surface area contributed by atoms with Crippen molar-refractivity contribution in [1.29, 1.82) is 0 Å². The van der Waals surface area contributed by atoms with Gasteiger partial charge in [-0.05, 0) is 35.4 Å². The van der Waals surface area contributed by atoms with Crippen molar-refractivity contribution in [3.8, 4) is 17.2 Å². The molecule has 3 N–H and O–H groups in total. The highest BCUT2D eigenvalue weighted by Crippen LogP contribution is 2.30. The monoisotopic (exact) mass is 258 g/mol. The molecule has 0 unspecified atom stereocenters. The number of aromatic hydroxyl groups is 3. The van der Waals surface area contributed by atoms with Gasteiger partial charge in [-0.1, -0.05) is 12.1 Å². The van der Waals surface area contributed by atoms with Gasteiger partial charge < -0.3 is 20.1 Å². The van der Waals surface area contributed by atoms with E-state index in [1.165, 1.54) is 31.6 Å². The number of phenols is 3. The lowest BCUT2D eigenvalue weighted by atomic mass is 9.98. The molecule has 4 nitrogen and oxygen atoms in total. The Morgan fingerprint density at radius 2 is 1.42 bits per heavy atom. The number of benzene rings is 2. The van der Waals surface area contributed by atoms with Gasteiger partial charge in [-0.3, -0.25) is 0 Å². The molecule has 4 heteroatoms. The van der Waals surface area contributed by atoms with E-state index in [1.807, 2.05) is 0 Å². The number of rotatable bonds is 3. The summed E-state index contributed by atoms with van der Waals surface area (Å²) in [6.45, 7) is 0. The molecule has 0 saturated heterocycles. The topological polar surface area (TPSA) is 69.9 Å². The van der Waals surface area contributed by atoms with Crippen molar-refractivity contribution in [3.63, 3.8) is 0 Å². The summed E-state index contributed by atoms with van der Waals surface area (Å²) in [6, 6.07) is 10.9. The average molecular weight is 258 g/mol. The molecular weight excluding hydrogens is 244 g/mol. The fourth-order valence-corrected chi connectivity index (χ4v) is 1.81.